The molecule has 0 N–H and O–H groups in total. The van der Waals surface area contributed by atoms with Crippen molar-refractivity contribution in [3.05, 3.63) is 0 Å². The van der Waals surface area contributed by atoms with E-state index < -0.39 is 0 Å². The fourth-order valence-corrected chi connectivity index (χ4v) is 5.27. The van der Waals surface area contributed by atoms with Crippen molar-refractivity contribution < 1.29 is 9.53 Å². The summed E-state index contributed by atoms with van der Waals surface area (Å²) < 4.78 is 6.39. The van der Waals surface area contributed by atoms with Gasteiger partial charge >= 0.3 is 0 Å². The lowest BCUT2D eigenvalue weighted by molar-refractivity contribution is -0.162. The summed E-state index contributed by atoms with van der Waals surface area (Å²) in [6, 6.07) is 0. The van der Waals surface area contributed by atoms with Crippen LogP contribution in [0.2, 0.25) is 0 Å². The molecule has 0 aromatic rings. The zero-order valence-electron chi connectivity index (χ0n) is 13.0. The van der Waals surface area contributed by atoms with Gasteiger partial charge in [-0.1, -0.05) is 13.3 Å². The summed E-state index contributed by atoms with van der Waals surface area (Å²) in [5, 5.41) is 0. The van der Waals surface area contributed by atoms with Gasteiger partial charge in [-0.15, -0.1) is 0 Å². The Morgan fingerprint density at radius 1 is 1.00 bits per heavy atom. The monoisotopic (exact) mass is 278 g/mol. The number of rotatable bonds is 8. The Balaban J connectivity index is 1.35. The molecule has 4 fully saturated rings. The van der Waals surface area contributed by atoms with Gasteiger partial charge in [-0.25, -0.2) is 0 Å². The fourth-order valence-electron chi connectivity index (χ4n) is 5.27. The lowest BCUT2D eigenvalue weighted by Gasteiger charge is -2.56. The minimum Gasteiger partial charge on any atom is -0.375 e. The standard InChI is InChI=1S/C18H30O2/c1-2-17(19)6-4-3-5-7-20-18-11-14-8-15(12-18)10-16(9-14)13-18/h14-16H,2-13H2,1H3. The van der Waals surface area contributed by atoms with Crippen LogP contribution in [0.1, 0.15) is 77.6 Å². The zero-order chi connectivity index (χ0) is 14.0. The lowest BCUT2D eigenvalue weighted by Crippen LogP contribution is -2.52. The molecule has 0 unspecified atom stereocenters. The molecule has 2 nitrogen and oxygen atoms in total. The minimum absolute atomic E-state index is 0.272. The van der Waals surface area contributed by atoms with Crippen molar-refractivity contribution in [2.24, 2.45) is 17.8 Å². The van der Waals surface area contributed by atoms with Gasteiger partial charge in [-0.3, -0.25) is 4.79 Å². The van der Waals surface area contributed by atoms with Gasteiger partial charge in [0, 0.05) is 19.4 Å². The van der Waals surface area contributed by atoms with Crippen molar-refractivity contribution in [1.29, 1.82) is 0 Å². The molecular weight excluding hydrogens is 248 g/mol. The van der Waals surface area contributed by atoms with Crippen LogP contribution >= 0.6 is 0 Å². The molecule has 0 amide bonds. The molecule has 20 heavy (non-hydrogen) atoms. The van der Waals surface area contributed by atoms with E-state index in [1.165, 1.54) is 38.5 Å². The average molecular weight is 278 g/mol. The van der Waals surface area contributed by atoms with Gasteiger partial charge in [0.05, 0.1) is 5.60 Å². The van der Waals surface area contributed by atoms with Crippen LogP contribution in [-0.2, 0) is 9.53 Å². The zero-order valence-corrected chi connectivity index (χ0v) is 13.0. The Kier molecular flexibility index (Phi) is 4.49. The summed E-state index contributed by atoms with van der Waals surface area (Å²) in [6.07, 6.45) is 13.3. The smallest absolute Gasteiger partial charge is 0.132 e. The Morgan fingerprint density at radius 2 is 1.60 bits per heavy atom. The van der Waals surface area contributed by atoms with Gasteiger partial charge in [-0.2, -0.15) is 0 Å². The van der Waals surface area contributed by atoms with Crippen molar-refractivity contribution >= 4 is 5.78 Å². The molecule has 0 radical (unpaired) electrons. The predicted molar refractivity (Wildman–Crippen MR) is 80.6 cm³/mol. The number of carbonyl (C=O) groups excluding carboxylic acids is 1. The molecule has 2 heteroatoms. The van der Waals surface area contributed by atoms with Crippen LogP contribution in [0.5, 0.6) is 0 Å². The van der Waals surface area contributed by atoms with Gasteiger partial charge in [0.2, 0.25) is 0 Å². The van der Waals surface area contributed by atoms with E-state index >= 15 is 0 Å². The summed E-state index contributed by atoms with van der Waals surface area (Å²) >= 11 is 0. The van der Waals surface area contributed by atoms with Crippen molar-refractivity contribution in [2.75, 3.05) is 6.61 Å². The normalized spacial score (nSPS) is 38.4. The molecule has 4 aliphatic rings. The van der Waals surface area contributed by atoms with Crippen LogP contribution in [0, 0.1) is 17.8 Å². The Labute approximate surface area is 123 Å². The maximum Gasteiger partial charge on any atom is 0.132 e. The second kappa shape index (κ2) is 6.17. The van der Waals surface area contributed by atoms with E-state index in [9.17, 15) is 4.79 Å². The minimum atomic E-state index is 0.272. The highest BCUT2D eigenvalue weighted by atomic mass is 16.5. The van der Waals surface area contributed by atoms with Crippen LogP contribution < -0.4 is 0 Å². The third-order valence-corrected chi connectivity index (χ3v) is 5.88. The molecular formula is C18H30O2. The number of carbonyl (C=O) groups is 1. The van der Waals surface area contributed by atoms with Crippen LogP contribution in [0.3, 0.4) is 0 Å². The van der Waals surface area contributed by atoms with Crippen LogP contribution in [0.4, 0.5) is 0 Å². The largest absolute Gasteiger partial charge is 0.375 e. The Morgan fingerprint density at radius 3 is 2.15 bits per heavy atom. The number of hydrogen-bond acceptors (Lipinski definition) is 2. The van der Waals surface area contributed by atoms with Gasteiger partial charge in [0.15, 0.2) is 0 Å². The second-order valence-electron chi connectivity index (χ2n) is 7.65. The molecule has 4 bridgehead atoms. The third-order valence-electron chi connectivity index (χ3n) is 5.88. The first kappa shape index (κ1) is 14.6. The lowest BCUT2D eigenvalue weighted by atomic mass is 9.54. The van der Waals surface area contributed by atoms with E-state index in [1.54, 1.807) is 0 Å². The van der Waals surface area contributed by atoms with E-state index in [4.69, 9.17) is 4.74 Å². The Bertz CT molecular complexity index is 312. The average Bonchev–Trinajstić information content (AvgIpc) is 2.40. The highest BCUT2D eigenvalue weighted by Gasteiger charge is 2.51. The van der Waals surface area contributed by atoms with E-state index in [0.29, 0.717) is 12.2 Å². The molecule has 0 heterocycles. The summed E-state index contributed by atoms with van der Waals surface area (Å²) in [6.45, 7) is 2.88. The van der Waals surface area contributed by atoms with Gasteiger partial charge in [-0.05, 0) is 69.1 Å². The topological polar surface area (TPSA) is 26.3 Å². The maximum absolute atomic E-state index is 11.2. The van der Waals surface area contributed by atoms with Crippen LogP contribution in [0.15, 0.2) is 0 Å². The van der Waals surface area contributed by atoms with Crippen LogP contribution in [-0.4, -0.2) is 18.0 Å². The summed E-state index contributed by atoms with van der Waals surface area (Å²) in [7, 11) is 0. The second-order valence-corrected chi connectivity index (χ2v) is 7.65. The fraction of sp³-hybridized carbons (Fsp3) is 0.944. The number of hydrogen-bond donors (Lipinski definition) is 0. The van der Waals surface area contributed by atoms with Gasteiger partial charge < -0.3 is 4.74 Å². The first-order valence-electron chi connectivity index (χ1n) is 8.85. The summed E-state index contributed by atoms with van der Waals surface area (Å²) in [5.74, 6) is 3.34. The molecule has 114 valence electrons. The van der Waals surface area contributed by atoms with Crippen molar-refractivity contribution in [1.82, 2.24) is 0 Å². The van der Waals surface area contributed by atoms with E-state index in [2.05, 4.69) is 0 Å². The first-order chi connectivity index (χ1) is 9.69. The van der Waals surface area contributed by atoms with E-state index in [-0.39, 0.29) is 5.60 Å². The van der Waals surface area contributed by atoms with Gasteiger partial charge in [0.1, 0.15) is 5.78 Å². The quantitative estimate of drug-likeness (QED) is 0.611. The molecule has 0 aromatic heterocycles. The SMILES string of the molecule is CCC(=O)CCCCCOC12CC3CC(CC(C3)C1)C2. The highest BCUT2D eigenvalue weighted by Crippen LogP contribution is 2.57. The molecule has 0 aliphatic heterocycles. The number of ether oxygens (including phenoxy) is 1. The van der Waals surface area contributed by atoms with Crippen molar-refractivity contribution in [3.63, 3.8) is 0 Å². The van der Waals surface area contributed by atoms with Gasteiger partial charge in [0.25, 0.3) is 0 Å². The molecule has 0 atom stereocenters. The summed E-state index contributed by atoms with van der Waals surface area (Å²) in [5.41, 5.74) is 0.272. The molecule has 4 aliphatic carbocycles. The molecule has 4 saturated carbocycles. The summed E-state index contributed by atoms with van der Waals surface area (Å²) in [4.78, 5) is 11.2. The van der Waals surface area contributed by atoms with Crippen molar-refractivity contribution in [3.8, 4) is 0 Å². The third kappa shape index (κ3) is 3.27. The first-order valence-corrected chi connectivity index (χ1v) is 8.85. The Hall–Kier alpha value is -0.370. The van der Waals surface area contributed by atoms with Crippen LogP contribution in [0.25, 0.3) is 0 Å². The van der Waals surface area contributed by atoms with E-state index in [1.807, 2.05) is 6.92 Å². The number of ketones is 1. The molecule has 4 rings (SSSR count). The predicted octanol–water partition coefficient (Wildman–Crippen LogP) is 4.51. The molecule has 0 aromatic carbocycles. The number of unbranched alkanes of at least 4 members (excludes halogenated alkanes) is 2. The molecule has 0 spiro atoms. The van der Waals surface area contributed by atoms with E-state index in [0.717, 1.165) is 50.0 Å². The maximum atomic E-state index is 11.2. The highest BCUT2D eigenvalue weighted by molar-refractivity contribution is 5.77. The molecule has 0 saturated heterocycles. The number of Topliss-reactive ketones (excluding diaryl/α,β-unsaturated/α-hetero) is 1. The van der Waals surface area contributed by atoms with Crippen molar-refractivity contribution in [2.45, 2.75) is 83.2 Å².